The average Bonchev–Trinajstić information content (AvgIpc) is 2.45. The van der Waals surface area contributed by atoms with Gasteiger partial charge in [0.1, 0.15) is 0 Å². The molecule has 0 aliphatic rings. The van der Waals surface area contributed by atoms with Crippen LogP contribution in [0.15, 0.2) is 36.4 Å². The van der Waals surface area contributed by atoms with Crippen LogP contribution in [0.1, 0.15) is 51.8 Å². The molecule has 0 fully saturated rings. The van der Waals surface area contributed by atoms with Crippen molar-refractivity contribution < 1.29 is 0 Å². The normalized spacial score (nSPS) is 13.0. The van der Waals surface area contributed by atoms with Crippen molar-refractivity contribution in [3.05, 3.63) is 42.1 Å². The van der Waals surface area contributed by atoms with E-state index < -0.39 is 0 Å². The lowest BCUT2D eigenvalue weighted by Gasteiger charge is -2.18. The first kappa shape index (κ1) is 15.0. The minimum atomic E-state index is 0.378. The van der Waals surface area contributed by atoms with Gasteiger partial charge in [-0.25, -0.2) is 0 Å². The van der Waals surface area contributed by atoms with Crippen LogP contribution in [0.3, 0.4) is 0 Å². The van der Waals surface area contributed by atoms with Crippen LogP contribution >= 0.6 is 0 Å². The van der Waals surface area contributed by atoms with Crippen LogP contribution in [0, 0.1) is 5.92 Å². The van der Waals surface area contributed by atoms with Crippen molar-refractivity contribution >= 4 is 10.9 Å². The summed E-state index contributed by atoms with van der Waals surface area (Å²) in [5, 5.41) is 4.79. The molecule has 108 valence electrons. The minimum Gasteiger partial charge on any atom is -0.309 e. The number of benzene rings is 1. The van der Waals surface area contributed by atoms with E-state index in [9.17, 15) is 0 Å². The van der Waals surface area contributed by atoms with Crippen LogP contribution in [-0.2, 0) is 0 Å². The highest BCUT2D eigenvalue weighted by Crippen LogP contribution is 2.22. The van der Waals surface area contributed by atoms with E-state index in [2.05, 4.69) is 62.5 Å². The molecule has 0 spiro atoms. The molecule has 1 N–H and O–H groups in total. The molecule has 0 amide bonds. The van der Waals surface area contributed by atoms with Crippen molar-refractivity contribution in [2.24, 2.45) is 5.92 Å². The van der Waals surface area contributed by atoms with E-state index in [-0.39, 0.29) is 0 Å². The zero-order valence-corrected chi connectivity index (χ0v) is 12.9. The predicted molar refractivity (Wildman–Crippen MR) is 86.8 cm³/mol. The van der Waals surface area contributed by atoms with Gasteiger partial charge in [0.05, 0.1) is 11.2 Å². The van der Waals surface area contributed by atoms with E-state index in [0.717, 1.165) is 24.4 Å². The van der Waals surface area contributed by atoms with Crippen LogP contribution in [0.4, 0.5) is 0 Å². The molecule has 2 rings (SSSR count). The van der Waals surface area contributed by atoms with Gasteiger partial charge in [0.2, 0.25) is 0 Å². The Hall–Kier alpha value is -1.41. The van der Waals surface area contributed by atoms with Crippen molar-refractivity contribution in [1.82, 2.24) is 10.3 Å². The topological polar surface area (TPSA) is 24.9 Å². The maximum atomic E-state index is 4.83. The van der Waals surface area contributed by atoms with Gasteiger partial charge < -0.3 is 5.32 Å². The van der Waals surface area contributed by atoms with Gasteiger partial charge in [-0.2, -0.15) is 0 Å². The van der Waals surface area contributed by atoms with E-state index in [1.807, 2.05) is 0 Å². The molecule has 20 heavy (non-hydrogen) atoms. The SMILES string of the molecule is CCNC(CCCC(C)C)c1ccc2ccccc2n1. The van der Waals surface area contributed by atoms with E-state index in [1.165, 1.54) is 23.9 Å². The Morgan fingerprint density at radius 1 is 1.05 bits per heavy atom. The molecule has 1 heterocycles. The highest BCUT2D eigenvalue weighted by Gasteiger charge is 2.12. The van der Waals surface area contributed by atoms with E-state index >= 15 is 0 Å². The average molecular weight is 270 g/mol. The van der Waals surface area contributed by atoms with Gasteiger partial charge in [-0.1, -0.05) is 57.9 Å². The Labute approximate surface area is 122 Å². The Morgan fingerprint density at radius 3 is 2.60 bits per heavy atom. The third kappa shape index (κ3) is 4.04. The lowest BCUT2D eigenvalue weighted by molar-refractivity contribution is 0.449. The van der Waals surface area contributed by atoms with Crippen LogP contribution in [-0.4, -0.2) is 11.5 Å². The number of fused-ring (bicyclic) bond motifs is 1. The largest absolute Gasteiger partial charge is 0.309 e. The third-order valence-corrected chi connectivity index (χ3v) is 3.70. The van der Waals surface area contributed by atoms with Crippen LogP contribution in [0.5, 0.6) is 0 Å². The second-order valence-electron chi connectivity index (χ2n) is 5.86. The second-order valence-corrected chi connectivity index (χ2v) is 5.86. The summed E-state index contributed by atoms with van der Waals surface area (Å²) in [6.45, 7) is 7.73. The van der Waals surface area contributed by atoms with Gasteiger partial charge >= 0.3 is 0 Å². The fraction of sp³-hybridized carbons (Fsp3) is 0.500. The summed E-state index contributed by atoms with van der Waals surface area (Å²) in [7, 11) is 0. The standard InChI is InChI=1S/C18H26N2/c1-4-19-17(11-7-8-14(2)3)18-13-12-15-9-5-6-10-16(15)20-18/h5-6,9-10,12-14,17,19H,4,7-8,11H2,1-3H3. The summed E-state index contributed by atoms with van der Waals surface area (Å²) in [6, 6.07) is 13.1. The summed E-state index contributed by atoms with van der Waals surface area (Å²) >= 11 is 0. The first-order valence-corrected chi connectivity index (χ1v) is 7.79. The molecule has 1 unspecified atom stereocenters. The fourth-order valence-electron chi connectivity index (χ4n) is 2.61. The number of para-hydroxylation sites is 1. The van der Waals surface area contributed by atoms with Gasteiger partial charge in [-0.15, -0.1) is 0 Å². The molecular weight excluding hydrogens is 244 g/mol. The molecule has 0 aliphatic heterocycles. The highest BCUT2D eigenvalue weighted by atomic mass is 14.9. The highest BCUT2D eigenvalue weighted by molar-refractivity contribution is 5.78. The second kappa shape index (κ2) is 7.39. The number of hydrogen-bond acceptors (Lipinski definition) is 2. The number of nitrogens with one attached hydrogen (secondary N) is 1. The molecule has 2 nitrogen and oxygen atoms in total. The Bertz CT molecular complexity index is 534. The molecule has 0 radical (unpaired) electrons. The van der Waals surface area contributed by atoms with Crippen molar-refractivity contribution in [3.8, 4) is 0 Å². The predicted octanol–water partition coefficient (Wildman–Crippen LogP) is 4.71. The molecule has 0 saturated carbocycles. The summed E-state index contributed by atoms with van der Waals surface area (Å²) in [6.07, 6.45) is 3.71. The maximum absolute atomic E-state index is 4.83. The van der Waals surface area contributed by atoms with E-state index in [1.54, 1.807) is 0 Å². The smallest absolute Gasteiger partial charge is 0.0706 e. The first-order chi connectivity index (χ1) is 9.70. The van der Waals surface area contributed by atoms with Crippen molar-refractivity contribution in [2.45, 2.75) is 46.1 Å². The van der Waals surface area contributed by atoms with Crippen molar-refractivity contribution in [2.75, 3.05) is 6.54 Å². The quantitative estimate of drug-likeness (QED) is 0.788. The zero-order chi connectivity index (χ0) is 14.4. The van der Waals surface area contributed by atoms with Gasteiger partial charge in [-0.3, -0.25) is 4.98 Å². The van der Waals surface area contributed by atoms with E-state index in [4.69, 9.17) is 4.98 Å². The van der Waals surface area contributed by atoms with Gasteiger partial charge in [0.15, 0.2) is 0 Å². The van der Waals surface area contributed by atoms with E-state index in [0.29, 0.717) is 6.04 Å². The number of rotatable bonds is 7. The first-order valence-electron chi connectivity index (χ1n) is 7.79. The maximum Gasteiger partial charge on any atom is 0.0706 e. The third-order valence-electron chi connectivity index (χ3n) is 3.70. The summed E-state index contributed by atoms with van der Waals surface area (Å²) < 4.78 is 0. The zero-order valence-electron chi connectivity index (χ0n) is 12.9. The number of pyridine rings is 1. The van der Waals surface area contributed by atoms with Crippen LogP contribution in [0.25, 0.3) is 10.9 Å². The fourth-order valence-corrected chi connectivity index (χ4v) is 2.61. The van der Waals surface area contributed by atoms with Gasteiger partial charge in [-0.05, 0) is 31.0 Å². The molecule has 1 aromatic carbocycles. The molecule has 0 aliphatic carbocycles. The van der Waals surface area contributed by atoms with Gasteiger partial charge in [0, 0.05) is 11.4 Å². The van der Waals surface area contributed by atoms with Gasteiger partial charge in [0.25, 0.3) is 0 Å². The lowest BCUT2D eigenvalue weighted by atomic mass is 10.0. The number of aromatic nitrogens is 1. The molecule has 2 aromatic rings. The van der Waals surface area contributed by atoms with Crippen LogP contribution < -0.4 is 5.32 Å². The van der Waals surface area contributed by atoms with Crippen molar-refractivity contribution in [1.29, 1.82) is 0 Å². The molecule has 0 bridgehead atoms. The number of hydrogen-bond donors (Lipinski definition) is 1. The molecule has 2 heteroatoms. The molecule has 1 atom stereocenters. The Balaban J connectivity index is 2.13. The van der Waals surface area contributed by atoms with Crippen molar-refractivity contribution in [3.63, 3.8) is 0 Å². The number of nitrogens with zero attached hydrogens (tertiary/aromatic N) is 1. The summed E-state index contributed by atoms with van der Waals surface area (Å²) in [4.78, 5) is 4.83. The molecular formula is C18H26N2. The lowest BCUT2D eigenvalue weighted by Crippen LogP contribution is -2.22. The van der Waals surface area contributed by atoms with Crippen LogP contribution in [0.2, 0.25) is 0 Å². The summed E-state index contributed by atoms with van der Waals surface area (Å²) in [5.41, 5.74) is 2.27. The molecule has 1 aromatic heterocycles. The monoisotopic (exact) mass is 270 g/mol. The Morgan fingerprint density at radius 2 is 1.85 bits per heavy atom. The minimum absolute atomic E-state index is 0.378. The Kier molecular flexibility index (Phi) is 5.54. The summed E-state index contributed by atoms with van der Waals surface area (Å²) in [5.74, 6) is 0.779. The molecule has 0 saturated heterocycles.